The second-order valence-electron chi connectivity index (χ2n) is 8.19. The summed E-state index contributed by atoms with van der Waals surface area (Å²) in [6, 6.07) is 18.0. The molecule has 0 spiro atoms. The third-order valence-electron chi connectivity index (χ3n) is 6.10. The van der Waals surface area contributed by atoms with E-state index in [0.29, 0.717) is 58.0 Å². The van der Waals surface area contributed by atoms with Crippen LogP contribution in [0.25, 0.3) is 11.1 Å². The number of morpholine rings is 1. The Morgan fingerprint density at radius 2 is 1.48 bits per heavy atom. The molecule has 164 valence electrons. The number of hydrogen-bond acceptors (Lipinski definition) is 4. The summed E-state index contributed by atoms with van der Waals surface area (Å²) in [5.41, 5.74) is 2.26. The standard InChI is InChI=1S/C25H30N2O4/c1-19(31-23-9-7-21(8-10-23)20-5-3-2-4-6-20)24(28)26-13-11-22(12-14-26)25(29)27-15-17-30-18-16-27/h2-10,19,22H,11-18H2,1H3. The molecule has 2 aromatic carbocycles. The summed E-state index contributed by atoms with van der Waals surface area (Å²) >= 11 is 0. The zero-order chi connectivity index (χ0) is 21.6. The quantitative estimate of drug-likeness (QED) is 0.742. The topological polar surface area (TPSA) is 59.1 Å². The fourth-order valence-corrected chi connectivity index (χ4v) is 4.26. The first-order valence-electron chi connectivity index (χ1n) is 11.1. The van der Waals surface area contributed by atoms with Crippen LogP contribution in [0.2, 0.25) is 0 Å². The van der Waals surface area contributed by atoms with Gasteiger partial charge in [-0.05, 0) is 43.0 Å². The number of ether oxygens (including phenoxy) is 2. The van der Waals surface area contributed by atoms with Crippen LogP contribution in [-0.4, -0.2) is 67.1 Å². The Morgan fingerprint density at radius 3 is 2.13 bits per heavy atom. The molecule has 0 bridgehead atoms. The molecule has 2 aromatic rings. The Labute approximate surface area is 183 Å². The zero-order valence-electron chi connectivity index (χ0n) is 18.0. The van der Waals surface area contributed by atoms with Crippen LogP contribution in [0.4, 0.5) is 0 Å². The number of benzene rings is 2. The maximum atomic E-state index is 12.9. The predicted molar refractivity (Wildman–Crippen MR) is 119 cm³/mol. The SMILES string of the molecule is CC(Oc1ccc(-c2ccccc2)cc1)C(=O)N1CCC(C(=O)N2CCOCC2)CC1. The van der Waals surface area contributed by atoms with Gasteiger partial charge in [0.1, 0.15) is 5.75 Å². The van der Waals surface area contributed by atoms with E-state index >= 15 is 0 Å². The average Bonchev–Trinajstić information content (AvgIpc) is 2.85. The molecule has 4 rings (SSSR count). The summed E-state index contributed by atoms with van der Waals surface area (Å²) in [6.45, 7) is 5.56. The van der Waals surface area contributed by atoms with Crippen LogP contribution in [0.5, 0.6) is 5.75 Å². The van der Waals surface area contributed by atoms with Crippen LogP contribution < -0.4 is 4.74 Å². The zero-order valence-corrected chi connectivity index (χ0v) is 18.0. The van der Waals surface area contributed by atoms with Gasteiger partial charge in [-0.2, -0.15) is 0 Å². The van der Waals surface area contributed by atoms with Gasteiger partial charge in [0.15, 0.2) is 6.10 Å². The second-order valence-corrected chi connectivity index (χ2v) is 8.19. The molecule has 2 fully saturated rings. The summed E-state index contributed by atoms with van der Waals surface area (Å²) in [7, 11) is 0. The fourth-order valence-electron chi connectivity index (χ4n) is 4.26. The number of piperidine rings is 1. The van der Waals surface area contributed by atoms with E-state index in [1.54, 1.807) is 6.92 Å². The minimum Gasteiger partial charge on any atom is -0.481 e. The van der Waals surface area contributed by atoms with Crippen molar-refractivity contribution in [2.45, 2.75) is 25.9 Å². The Hall–Kier alpha value is -2.86. The van der Waals surface area contributed by atoms with Gasteiger partial charge >= 0.3 is 0 Å². The van der Waals surface area contributed by atoms with Gasteiger partial charge < -0.3 is 19.3 Å². The molecule has 0 aromatic heterocycles. The molecule has 2 saturated heterocycles. The molecular weight excluding hydrogens is 392 g/mol. The van der Waals surface area contributed by atoms with Crippen LogP contribution in [0, 0.1) is 5.92 Å². The first kappa shape index (κ1) is 21.4. The maximum Gasteiger partial charge on any atom is 0.263 e. The van der Waals surface area contributed by atoms with Gasteiger partial charge in [-0.1, -0.05) is 42.5 Å². The molecule has 2 aliphatic rings. The molecule has 0 N–H and O–H groups in total. The number of nitrogens with zero attached hydrogens (tertiary/aromatic N) is 2. The first-order chi connectivity index (χ1) is 15.1. The van der Waals surface area contributed by atoms with Gasteiger partial charge in [-0.15, -0.1) is 0 Å². The van der Waals surface area contributed by atoms with E-state index in [2.05, 4.69) is 12.1 Å². The number of rotatable bonds is 5. The molecule has 31 heavy (non-hydrogen) atoms. The van der Waals surface area contributed by atoms with Crippen LogP contribution >= 0.6 is 0 Å². The highest BCUT2D eigenvalue weighted by Gasteiger charge is 2.32. The largest absolute Gasteiger partial charge is 0.481 e. The van der Waals surface area contributed by atoms with Gasteiger partial charge in [0.2, 0.25) is 5.91 Å². The lowest BCUT2D eigenvalue weighted by atomic mass is 9.94. The van der Waals surface area contributed by atoms with Crippen molar-refractivity contribution in [2.75, 3.05) is 39.4 Å². The van der Waals surface area contributed by atoms with E-state index in [1.165, 1.54) is 0 Å². The van der Waals surface area contributed by atoms with E-state index in [9.17, 15) is 9.59 Å². The third kappa shape index (κ3) is 5.25. The van der Waals surface area contributed by atoms with Crippen molar-refractivity contribution in [3.63, 3.8) is 0 Å². The lowest BCUT2D eigenvalue weighted by Gasteiger charge is -2.36. The molecule has 2 heterocycles. The van der Waals surface area contributed by atoms with Crippen molar-refractivity contribution in [3.8, 4) is 16.9 Å². The monoisotopic (exact) mass is 422 g/mol. The highest BCUT2D eigenvalue weighted by atomic mass is 16.5. The molecule has 2 amide bonds. The van der Waals surface area contributed by atoms with Crippen LogP contribution in [0.1, 0.15) is 19.8 Å². The average molecular weight is 423 g/mol. The van der Waals surface area contributed by atoms with Crippen molar-refractivity contribution in [1.82, 2.24) is 9.80 Å². The Balaban J connectivity index is 1.27. The summed E-state index contributed by atoms with van der Waals surface area (Å²) in [5.74, 6) is 0.865. The van der Waals surface area contributed by atoms with Crippen molar-refractivity contribution in [2.24, 2.45) is 5.92 Å². The van der Waals surface area contributed by atoms with Gasteiger partial charge in [-0.3, -0.25) is 9.59 Å². The van der Waals surface area contributed by atoms with E-state index in [0.717, 1.165) is 11.1 Å². The smallest absolute Gasteiger partial charge is 0.263 e. The van der Waals surface area contributed by atoms with Gasteiger partial charge in [0, 0.05) is 32.1 Å². The van der Waals surface area contributed by atoms with Gasteiger partial charge in [-0.25, -0.2) is 0 Å². The lowest BCUT2D eigenvalue weighted by molar-refractivity contribution is -0.145. The number of hydrogen-bond donors (Lipinski definition) is 0. The Kier molecular flexibility index (Phi) is 6.87. The fraction of sp³-hybridized carbons (Fsp3) is 0.440. The molecule has 1 unspecified atom stereocenters. The molecule has 0 saturated carbocycles. The molecule has 6 nitrogen and oxygen atoms in total. The van der Waals surface area contributed by atoms with Gasteiger partial charge in [0.25, 0.3) is 5.91 Å². The number of likely N-dealkylation sites (tertiary alicyclic amines) is 1. The third-order valence-corrected chi connectivity index (χ3v) is 6.10. The molecule has 6 heteroatoms. The minimum absolute atomic E-state index is 0.00362. The van der Waals surface area contributed by atoms with E-state index < -0.39 is 6.10 Å². The summed E-state index contributed by atoms with van der Waals surface area (Å²) in [6.07, 6.45) is 0.856. The number of amides is 2. The Bertz CT molecular complexity index is 870. The highest BCUT2D eigenvalue weighted by Crippen LogP contribution is 2.24. The van der Waals surface area contributed by atoms with Crippen molar-refractivity contribution >= 4 is 11.8 Å². The lowest BCUT2D eigenvalue weighted by Crippen LogP contribution is -2.49. The van der Waals surface area contributed by atoms with Crippen LogP contribution in [0.15, 0.2) is 54.6 Å². The predicted octanol–water partition coefficient (Wildman–Crippen LogP) is 3.22. The molecule has 2 aliphatic heterocycles. The molecule has 1 atom stereocenters. The summed E-state index contributed by atoms with van der Waals surface area (Å²) < 4.78 is 11.2. The normalized spacial score (nSPS) is 18.5. The van der Waals surface area contributed by atoms with Crippen LogP contribution in [-0.2, 0) is 14.3 Å². The van der Waals surface area contributed by atoms with Gasteiger partial charge in [0.05, 0.1) is 13.2 Å². The second kappa shape index (κ2) is 9.96. The first-order valence-corrected chi connectivity index (χ1v) is 11.1. The molecular formula is C25H30N2O4. The van der Waals surface area contributed by atoms with E-state index in [4.69, 9.17) is 9.47 Å². The highest BCUT2D eigenvalue weighted by molar-refractivity contribution is 5.82. The molecule has 0 radical (unpaired) electrons. The van der Waals surface area contributed by atoms with Crippen molar-refractivity contribution < 1.29 is 19.1 Å². The number of carbonyl (C=O) groups is 2. The van der Waals surface area contributed by atoms with E-state index in [1.807, 2.05) is 52.3 Å². The van der Waals surface area contributed by atoms with Crippen molar-refractivity contribution in [3.05, 3.63) is 54.6 Å². The summed E-state index contributed by atoms with van der Waals surface area (Å²) in [5, 5.41) is 0. The summed E-state index contributed by atoms with van der Waals surface area (Å²) in [4.78, 5) is 29.3. The molecule has 0 aliphatic carbocycles. The maximum absolute atomic E-state index is 12.9. The minimum atomic E-state index is -0.561. The van der Waals surface area contributed by atoms with Crippen LogP contribution in [0.3, 0.4) is 0 Å². The van der Waals surface area contributed by atoms with Crippen molar-refractivity contribution in [1.29, 1.82) is 0 Å². The van der Waals surface area contributed by atoms with E-state index in [-0.39, 0.29) is 17.7 Å². The Morgan fingerprint density at radius 1 is 0.871 bits per heavy atom. The number of carbonyl (C=O) groups excluding carboxylic acids is 2.